The fraction of sp³-hybridized carbons (Fsp3) is 0.500. The molecule has 17 heavy (non-hydrogen) atoms. The highest BCUT2D eigenvalue weighted by molar-refractivity contribution is 5.46. The zero-order chi connectivity index (χ0) is 13.1. The molecule has 0 aliphatic rings. The molecule has 0 aliphatic heterocycles. The number of hydrogen-bond acceptors (Lipinski definition) is 2. The van der Waals surface area contributed by atoms with E-state index in [1.165, 1.54) is 6.07 Å². The number of benzene rings is 1. The molecule has 1 rings (SSSR count). The van der Waals surface area contributed by atoms with Crippen LogP contribution in [0.2, 0.25) is 0 Å². The van der Waals surface area contributed by atoms with Crippen molar-refractivity contribution in [2.24, 2.45) is 5.41 Å². The number of aliphatic hydroxyl groups is 1. The van der Waals surface area contributed by atoms with Gasteiger partial charge in [-0.2, -0.15) is 13.2 Å². The molecule has 0 atom stereocenters. The molecule has 0 bridgehead atoms. The normalized spacial score (nSPS) is 12.6. The Balaban J connectivity index is 2.74. The lowest BCUT2D eigenvalue weighted by Gasteiger charge is -2.22. The fourth-order valence-electron chi connectivity index (χ4n) is 1.20. The lowest BCUT2D eigenvalue weighted by molar-refractivity contribution is -0.137. The van der Waals surface area contributed by atoms with Crippen LogP contribution in [-0.2, 0) is 6.18 Å². The minimum atomic E-state index is -4.33. The second kappa shape index (κ2) is 4.96. The number of aliphatic hydroxyl groups excluding tert-OH is 1. The van der Waals surface area contributed by atoms with Crippen LogP contribution in [0.15, 0.2) is 24.3 Å². The molecule has 2 nitrogen and oxygen atoms in total. The summed E-state index contributed by atoms with van der Waals surface area (Å²) in [6, 6.07) is 5.02. The van der Waals surface area contributed by atoms with Crippen LogP contribution in [-0.4, -0.2) is 18.3 Å². The predicted molar refractivity (Wildman–Crippen MR) is 60.8 cm³/mol. The van der Waals surface area contributed by atoms with E-state index in [1.807, 2.05) is 13.8 Å². The van der Waals surface area contributed by atoms with Crippen molar-refractivity contribution in [1.82, 2.24) is 0 Å². The van der Waals surface area contributed by atoms with Gasteiger partial charge in [-0.15, -0.1) is 0 Å². The number of nitrogens with one attached hydrogen (secondary N) is 1. The average Bonchev–Trinajstić information content (AvgIpc) is 2.26. The largest absolute Gasteiger partial charge is 0.416 e. The Labute approximate surface area is 98.5 Å². The SMILES string of the molecule is CC(C)(CO)CNc1cccc(C(F)(F)F)c1. The third-order valence-electron chi connectivity index (χ3n) is 2.39. The van der Waals surface area contributed by atoms with Crippen molar-refractivity contribution < 1.29 is 18.3 Å². The molecule has 0 saturated heterocycles. The zero-order valence-corrected chi connectivity index (χ0v) is 9.80. The summed E-state index contributed by atoms with van der Waals surface area (Å²) in [5.41, 5.74) is -0.639. The van der Waals surface area contributed by atoms with Crippen molar-refractivity contribution in [2.75, 3.05) is 18.5 Å². The summed E-state index contributed by atoms with van der Waals surface area (Å²) in [4.78, 5) is 0. The smallest absolute Gasteiger partial charge is 0.396 e. The summed E-state index contributed by atoms with van der Waals surface area (Å²) in [6.07, 6.45) is -4.33. The van der Waals surface area contributed by atoms with Crippen LogP contribution in [0.1, 0.15) is 19.4 Å². The Morgan fingerprint density at radius 2 is 1.88 bits per heavy atom. The maximum absolute atomic E-state index is 12.4. The number of halogens is 3. The van der Waals surface area contributed by atoms with Crippen LogP contribution in [0.25, 0.3) is 0 Å². The highest BCUT2D eigenvalue weighted by atomic mass is 19.4. The molecule has 1 aromatic rings. The van der Waals surface area contributed by atoms with Crippen molar-refractivity contribution in [3.63, 3.8) is 0 Å². The quantitative estimate of drug-likeness (QED) is 0.856. The molecular formula is C12H16F3NO. The van der Waals surface area contributed by atoms with E-state index in [-0.39, 0.29) is 12.0 Å². The van der Waals surface area contributed by atoms with Crippen molar-refractivity contribution in [3.8, 4) is 0 Å². The third-order valence-corrected chi connectivity index (χ3v) is 2.39. The molecule has 0 spiro atoms. The number of alkyl halides is 3. The fourth-order valence-corrected chi connectivity index (χ4v) is 1.20. The number of anilines is 1. The van der Waals surface area contributed by atoms with Gasteiger partial charge in [0.2, 0.25) is 0 Å². The number of rotatable bonds is 4. The Morgan fingerprint density at radius 3 is 2.41 bits per heavy atom. The summed E-state index contributed by atoms with van der Waals surface area (Å²) < 4.78 is 37.3. The van der Waals surface area contributed by atoms with Crippen molar-refractivity contribution >= 4 is 5.69 Å². The Bertz CT molecular complexity index is 374. The topological polar surface area (TPSA) is 32.3 Å². The van der Waals surface area contributed by atoms with Gasteiger partial charge in [-0.1, -0.05) is 19.9 Å². The van der Waals surface area contributed by atoms with Crippen molar-refractivity contribution in [2.45, 2.75) is 20.0 Å². The maximum atomic E-state index is 12.4. The van der Waals surface area contributed by atoms with Gasteiger partial charge < -0.3 is 10.4 Å². The first-order valence-electron chi connectivity index (χ1n) is 5.27. The molecule has 96 valence electrons. The van der Waals surface area contributed by atoms with E-state index in [0.29, 0.717) is 12.2 Å². The van der Waals surface area contributed by atoms with Crippen LogP contribution in [0, 0.1) is 5.41 Å². The van der Waals surface area contributed by atoms with Gasteiger partial charge in [0, 0.05) is 24.3 Å². The molecule has 0 fully saturated rings. The van der Waals surface area contributed by atoms with E-state index in [4.69, 9.17) is 5.11 Å². The van der Waals surface area contributed by atoms with Crippen LogP contribution in [0.4, 0.5) is 18.9 Å². The summed E-state index contributed by atoms with van der Waals surface area (Å²) in [6.45, 7) is 4.03. The number of hydrogen-bond donors (Lipinski definition) is 2. The van der Waals surface area contributed by atoms with Crippen LogP contribution in [0.5, 0.6) is 0 Å². The standard InChI is InChI=1S/C12H16F3NO/c1-11(2,8-17)7-16-10-5-3-4-9(6-10)12(13,14)15/h3-6,16-17H,7-8H2,1-2H3. The van der Waals surface area contributed by atoms with Gasteiger partial charge in [0.25, 0.3) is 0 Å². The minimum Gasteiger partial charge on any atom is -0.396 e. The molecule has 0 aromatic heterocycles. The molecule has 0 aliphatic carbocycles. The van der Waals surface area contributed by atoms with E-state index in [1.54, 1.807) is 6.07 Å². The molecule has 0 amide bonds. The van der Waals surface area contributed by atoms with Gasteiger partial charge in [-0.05, 0) is 18.2 Å². The monoisotopic (exact) mass is 247 g/mol. The first kappa shape index (κ1) is 13.8. The average molecular weight is 247 g/mol. The Kier molecular flexibility index (Phi) is 4.03. The van der Waals surface area contributed by atoms with Crippen molar-refractivity contribution in [3.05, 3.63) is 29.8 Å². The van der Waals surface area contributed by atoms with E-state index in [9.17, 15) is 13.2 Å². The van der Waals surface area contributed by atoms with Gasteiger partial charge >= 0.3 is 6.18 Å². The van der Waals surface area contributed by atoms with Gasteiger partial charge in [-0.3, -0.25) is 0 Å². The molecule has 1 aromatic carbocycles. The molecule has 2 N–H and O–H groups in total. The third kappa shape index (κ3) is 4.26. The lowest BCUT2D eigenvalue weighted by atomic mass is 9.95. The summed E-state index contributed by atoms with van der Waals surface area (Å²) in [5.74, 6) is 0. The lowest BCUT2D eigenvalue weighted by Crippen LogP contribution is -2.26. The van der Waals surface area contributed by atoms with Gasteiger partial charge in [0.15, 0.2) is 0 Å². The van der Waals surface area contributed by atoms with Crippen LogP contribution < -0.4 is 5.32 Å². The van der Waals surface area contributed by atoms with Crippen LogP contribution in [0.3, 0.4) is 0 Å². The summed E-state index contributed by atoms with van der Waals surface area (Å²) >= 11 is 0. The van der Waals surface area contributed by atoms with Gasteiger partial charge in [-0.25, -0.2) is 0 Å². The molecule has 0 radical (unpaired) electrons. The maximum Gasteiger partial charge on any atom is 0.416 e. The van der Waals surface area contributed by atoms with E-state index in [2.05, 4.69) is 5.32 Å². The zero-order valence-electron chi connectivity index (χ0n) is 9.80. The van der Waals surface area contributed by atoms with E-state index >= 15 is 0 Å². The minimum absolute atomic E-state index is 0.0288. The second-order valence-corrected chi connectivity index (χ2v) is 4.75. The summed E-state index contributed by atoms with van der Waals surface area (Å²) in [7, 11) is 0. The highest BCUT2D eigenvalue weighted by Gasteiger charge is 2.30. The molecule has 0 unspecified atom stereocenters. The Morgan fingerprint density at radius 1 is 1.24 bits per heavy atom. The van der Waals surface area contributed by atoms with Gasteiger partial charge in [0.1, 0.15) is 0 Å². The first-order chi connectivity index (χ1) is 7.74. The summed E-state index contributed by atoms with van der Waals surface area (Å²) in [5, 5.41) is 11.9. The molecule has 0 saturated carbocycles. The molecule has 0 heterocycles. The predicted octanol–water partition coefficient (Wildman–Crippen LogP) is 3.14. The van der Waals surface area contributed by atoms with Gasteiger partial charge in [0.05, 0.1) is 5.56 Å². The highest BCUT2D eigenvalue weighted by Crippen LogP contribution is 2.30. The van der Waals surface area contributed by atoms with Crippen LogP contribution >= 0.6 is 0 Å². The van der Waals surface area contributed by atoms with Crippen molar-refractivity contribution in [1.29, 1.82) is 0 Å². The molecular weight excluding hydrogens is 231 g/mol. The van der Waals surface area contributed by atoms with E-state index < -0.39 is 11.7 Å². The van der Waals surface area contributed by atoms with E-state index in [0.717, 1.165) is 12.1 Å². The Hall–Kier alpha value is -1.23. The molecule has 5 heteroatoms. The first-order valence-corrected chi connectivity index (χ1v) is 5.27. The second-order valence-electron chi connectivity index (χ2n) is 4.75.